The number of rotatable bonds is 11. The lowest BCUT2D eigenvalue weighted by atomic mass is 10.1. The molecule has 0 saturated heterocycles. The Balaban J connectivity index is 3.64. The molecule has 0 fully saturated rings. The SMILES string of the molecule is CCCCCC[N+](C)(CC)CCCCCC. The second kappa shape index (κ2) is 10.1. The minimum absolute atomic E-state index is 1.30. The summed E-state index contributed by atoms with van der Waals surface area (Å²) in [5.41, 5.74) is 0. The Morgan fingerprint density at radius 3 is 1.38 bits per heavy atom. The zero-order valence-corrected chi connectivity index (χ0v) is 12.2. The maximum absolute atomic E-state index is 2.44. The van der Waals surface area contributed by atoms with E-state index in [1.54, 1.807) is 0 Å². The van der Waals surface area contributed by atoms with Crippen molar-refractivity contribution in [2.75, 3.05) is 26.7 Å². The van der Waals surface area contributed by atoms with Gasteiger partial charge in [0.2, 0.25) is 0 Å². The summed E-state index contributed by atoms with van der Waals surface area (Å²) in [6, 6.07) is 0. The van der Waals surface area contributed by atoms with E-state index in [-0.39, 0.29) is 0 Å². The van der Waals surface area contributed by atoms with Gasteiger partial charge in [-0.15, -0.1) is 0 Å². The summed E-state index contributed by atoms with van der Waals surface area (Å²) >= 11 is 0. The van der Waals surface area contributed by atoms with Crippen LogP contribution in [0.3, 0.4) is 0 Å². The molecule has 0 saturated carbocycles. The van der Waals surface area contributed by atoms with Crippen LogP contribution in [-0.2, 0) is 0 Å². The first-order chi connectivity index (χ1) is 7.68. The largest absolute Gasteiger partial charge is 0.326 e. The molecule has 0 N–H and O–H groups in total. The van der Waals surface area contributed by atoms with Crippen molar-refractivity contribution in [3.63, 3.8) is 0 Å². The van der Waals surface area contributed by atoms with Crippen molar-refractivity contribution < 1.29 is 4.48 Å². The Morgan fingerprint density at radius 1 is 0.625 bits per heavy atom. The number of hydrogen-bond acceptors (Lipinski definition) is 0. The van der Waals surface area contributed by atoms with Crippen molar-refractivity contribution in [2.45, 2.75) is 72.1 Å². The van der Waals surface area contributed by atoms with E-state index in [0.717, 1.165) is 0 Å². The van der Waals surface area contributed by atoms with Crippen LogP contribution < -0.4 is 0 Å². The number of quaternary nitrogens is 1. The summed E-state index contributed by atoms with van der Waals surface area (Å²) in [6.07, 6.45) is 11.2. The third-order valence-electron chi connectivity index (χ3n) is 3.87. The maximum Gasteiger partial charge on any atom is 0.0784 e. The molecular formula is C15H34N+. The van der Waals surface area contributed by atoms with Crippen LogP contribution in [-0.4, -0.2) is 31.2 Å². The zero-order valence-electron chi connectivity index (χ0n) is 12.2. The fourth-order valence-electron chi connectivity index (χ4n) is 2.27. The zero-order chi connectivity index (χ0) is 12.3. The highest BCUT2D eigenvalue weighted by Gasteiger charge is 2.17. The van der Waals surface area contributed by atoms with Crippen LogP contribution in [0.25, 0.3) is 0 Å². The monoisotopic (exact) mass is 228 g/mol. The maximum atomic E-state index is 2.44. The van der Waals surface area contributed by atoms with Gasteiger partial charge in [0, 0.05) is 0 Å². The van der Waals surface area contributed by atoms with Crippen molar-refractivity contribution in [1.82, 2.24) is 0 Å². The lowest BCUT2D eigenvalue weighted by Gasteiger charge is -2.33. The first kappa shape index (κ1) is 16.0. The molecule has 0 rings (SSSR count). The number of nitrogens with zero attached hydrogens (tertiary/aromatic N) is 1. The molecule has 0 bridgehead atoms. The molecular weight excluding hydrogens is 194 g/mol. The molecule has 0 aromatic heterocycles. The Kier molecular flexibility index (Phi) is 10.1. The highest BCUT2D eigenvalue weighted by molar-refractivity contribution is 4.45. The minimum atomic E-state index is 1.30. The van der Waals surface area contributed by atoms with Gasteiger partial charge < -0.3 is 4.48 Å². The standard InChI is InChI=1S/C15H34N/c1-5-8-10-12-14-16(4,7-3)15-13-11-9-6-2/h5-15H2,1-4H3/q+1. The molecule has 0 aliphatic rings. The van der Waals surface area contributed by atoms with E-state index in [9.17, 15) is 0 Å². The molecule has 0 aromatic rings. The smallest absolute Gasteiger partial charge is 0.0784 e. The van der Waals surface area contributed by atoms with Crippen LogP contribution in [0, 0.1) is 0 Å². The van der Waals surface area contributed by atoms with Crippen molar-refractivity contribution >= 4 is 0 Å². The fraction of sp³-hybridized carbons (Fsp3) is 1.00. The predicted molar refractivity (Wildman–Crippen MR) is 74.7 cm³/mol. The summed E-state index contributed by atoms with van der Waals surface area (Å²) in [7, 11) is 2.44. The fourth-order valence-corrected chi connectivity index (χ4v) is 2.27. The van der Waals surface area contributed by atoms with Crippen molar-refractivity contribution in [2.24, 2.45) is 0 Å². The second-order valence-corrected chi connectivity index (χ2v) is 5.50. The highest BCUT2D eigenvalue weighted by atomic mass is 15.3. The summed E-state index contributed by atoms with van der Waals surface area (Å²) < 4.78 is 1.30. The average molecular weight is 228 g/mol. The van der Waals surface area contributed by atoms with Crippen molar-refractivity contribution in [3.05, 3.63) is 0 Å². The first-order valence-corrected chi connectivity index (χ1v) is 7.52. The molecule has 1 nitrogen and oxygen atoms in total. The van der Waals surface area contributed by atoms with Gasteiger partial charge in [0.1, 0.15) is 0 Å². The van der Waals surface area contributed by atoms with Crippen molar-refractivity contribution in [1.29, 1.82) is 0 Å². The van der Waals surface area contributed by atoms with Gasteiger partial charge in [-0.3, -0.25) is 0 Å². The molecule has 0 unspecified atom stereocenters. The molecule has 0 radical (unpaired) electrons. The quantitative estimate of drug-likeness (QED) is 0.358. The molecule has 0 aromatic carbocycles. The highest BCUT2D eigenvalue weighted by Crippen LogP contribution is 2.11. The van der Waals surface area contributed by atoms with E-state index in [1.165, 1.54) is 75.5 Å². The molecule has 98 valence electrons. The van der Waals surface area contributed by atoms with Gasteiger partial charge in [-0.05, 0) is 32.6 Å². The van der Waals surface area contributed by atoms with Crippen LogP contribution in [0.4, 0.5) is 0 Å². The predicted octanol–water partition coefficient (Wildman–Crippen LogP) is 4.61. The molecule has 1 heteroatoms. The van der Waals surface area contributed by atoms with Gasteiger partial charge in [-0.1, -0.05) is 39.5 Å². The lowest BCUT2D eigenvalue weighted by Crippen LogP contribution is -2.45. The molecule has 0 atom stereocenters. The van der Waals surface area contributed by atoms with E-state index in [1.807, 2.05) is 0 Å². The molecule has 0 aliphatic heterocycles. The first-order valence-electron chi connectivity index (χ1n) is 7.52. The van der Waals surface area contributed by atoms with Crippen LogP contribution in [0.1, 0.15) is 72.1 Å². The summed E-state index contributed by atoms with van der Waals surface area (Å²) in [5.74, 6) is 0. The molecule has 0 spiro atoms. The van der Waals surface area contributed by atoms with Gasteiger partial charge >= 0.3 is 0 Å². The molecule has 0 amide bonds. The Morgan fingerprint density at radius 2 is 1.06 bits per heavy atom. The van der Waals surface area contributed by atoms with E-state index < -0.39 is 0 Å². The number of hydrogen-bond donors (Lipinski definition) is 0. The topological polar surface area (TPSA) is 0 Å². The lowest BCUT2D eigenvalue weighted by molar-refractivity contribution is -0.908. The van der Waals surface area contributed by atoms with E-state index in [4.69, 9.17) is 0 Å². The Bertz CT molecular complexity index is 130. The van der Waals surface area contributed by atoms with Gasteiger partial charge in [0.25, 0.3) is 0 Å². The average Bonchev–Trinajstić information content (AvgIpc) is 2.31. The molecule has 0 aliphatic carbocycles. The number of unbranched alkanes of at least 4 members (excludes halogenated alkanes) is 6. The van der Waals surface area contributed by atoms with Gasteiger partial charge in [-0.2, -0.15) is 0 Å². The molecule has 16 heavy (non-hydrogen) atoms. The van der Waals surface area contributed by atoms with Crippen LogP contribution in [0.2, 0.25) is 0 Å². The van der Waals surface area contributed by atoms with Crippen molar-refractivity contribution in [3.8, 4) is 0 Å². The Labute approximate surface area is 104 Å². The van der Waals surface area contributed by atoms with E-state index in [2.05, 4.69) is 27.8 Å². The van der Waals surface area contributed by atoms with Crippen LogP contribution in [0.5, 0.6) is 0 Å². The normalized spacial score (nSPS) is 12.0. The molecule has 0 heterocycles. The van der Waals surface area contributed by atoms with E-state index >= 15 is 0 Å². The second-order valence-electron chi connectivity index (χ2n) is 5.50. The summed E-state index contributed by atoms with van der Waals surface area (Å²) in [4.78, 5) is 0. The Hall–Kier alpha value is -0.0400. The summed E-state index contributed by atoms with van der Waals surface area (Å²) in [6.45, 7) is 11.0. The summed E-state index contributed by atoms with van der Waals surface area (Å²) in [5, 5.41) is 0. The van der Waals surface area contributed by atoms with Gasteiger partial charge in [0.05, 0.1) is 26.7 Å². The third kappa shape index (κ3) is 8.15. The van der Waals surface area contributed by atoms with Crippen LogP contribution in [0.15, 0.2) is 0 Å². The minimum Gasteiger partial charge on any atom is -0.326 e. The third-order valence-corrected chi connectivity index (χ3v) is 3.87. The van der Waals surface area contributed by atoms with Gasteiger partial charge in [0.15, 0.2) is 0 Å². The van der Waals surface area contributed by atoms with Gasteiger partial charge in [-0.25, -0.2) is 0 Å². The van der Waals surface area contributed by atoms with E-state index in [0.29, 0.717) is 0 Å². The van der Waals surface area contributed by atoms with Crippen LogP contribution >= 0.6 is 0 Å².